The second kappa shape index (κ2) is 6.97. The molecule has 0 spiro atoms. The molecule has 6 nitrogen and oxygen atoms in total. The largest absolute Gasteiger partial charge is 0.340 e. The van der Waals surface area contributed by atoms with E-state index < -0.39 is 0 Å². The summed E-state index contributed by atoms with van der Waals surface area (Å²) in [5.41, 5.74) is 0. The van der Waals surface area contributed by atoms with Crippen molar-refractivity contribution in [2.24, 2.45) is 0 Å². The van der Waals surface area contributed by atoms with Crippen LogP contribution in [0.3, 0.4) is 0 Å². The Kier molecular flexibility index (Phi) is 5.28. The van der Waals surface area contributed by atoms with Crippen LogP contribution in [0, 0.1) is 6.92 Å². The number of nitrogens with one attached hydrogen (secondary N) is 1. The van der Waals surface area contributed by atoms with Crippen molar-refractivity contribution < 1.29 is 9.32 Å². The molecule has 2 atom stereocenters. The SMILES string of the molecule is CCS[C@@H]1CC[C@@H](N(C)C(=O)NCc2noc(C)n2)C1. The third kappa shape index (κ3) is 3.88. The molecule has 2 amide bonds. The predicted octanol–water partition coefficient (Wildman–Crippen LogP) is 2.19. The summed E-state index contributed by atoms with van der Waals surface area (Å²) < 4.78 is 4.87. The van der Waals surface area contributed by atoms with E-state index in [0.29, 0.717) is 29.6 Å². The Morgan fingerprint density at radius 1 is 1.55 bits per heavy atom. The molecule has 112 valence electrons. The standard InChI is InChI=1S/C13H22N4O2S/c1-4-20-11-6-5-10(7-11)17(3)13(18)14-8-12-15-9(2)19-16-12/h10-11H,4-8H2,1-3H3,(H,14,18)/t10-,11-/m1/s1. The lowest BCUT2D eigenvalue weighted by Gasteiger charge is -2.24. The molecule has 1 aliphatic carbocycles. The summed E-state index contributed by atoms with van der Waals surface area (Å²) in [5, 5.41) is 7.28. The topological polar surface area (TPSA) is 71.3 Å². The summed E-state index contributed by atoms with van der Waals surface area (Å²) >= 11 is 1.99. The van der Waals surface area contributed by atoms with Crippen molar-refractivity contribution in [1.82, 2.24) is 20.4 Å². The van der Waals surface area contributed by atoms with Crippen molar-refractivity contribution in [1.29, 1.82) is 0 Å². The second-order valence-corrected chi connectivity index (χ2v) is 6.62. The summed E-state index contributed by atoms with van der Waals surface area (Å²) in [6.45, 7) is 4.22. The van der Waals surface area contributed by atoms with E-state index in [1.54, 1.807) is 6.92 Å². The molecule has 20 heavy (non-hydrogen) atoms. The minimum Gasteiger partial charge on any atom is -0.340 e. The minimum atomic E-state index is -0.0698. The number of nitrogens with zero attached hydrogens (tertiary/aromatic N) is 3. The van der Waals surface area contributed by atoms with E-state index in [9.17, 15) is 4.79 Å². The first-order valence-electron chi connectivity index (χ1n) is 7.01. The molecule has 1 N–H and O–H groups in total. The number of carbonyl (C=O) groups is 1. The molecular formula is C13H22N4O2S. The molecule has 1 heterocycles. The number of amides is 2. The van der Waals surface area contributed by atoms with Gasteiger partial charge in [-0.1, -0.05) is 12.1 Å². The average Bonchev–Trinajstić information content (AvgIpc) is 3.05. The molecule has 1 aromatic rings. The lowest BCUT2D eigenvalue weighted by Crippen LogP contribution is -2.42. The molecular weight excluding hydrogens is 276 g/mol. The van der Waals surface area contributed by atoms with Gasteiger partial charge in [-0.2, -0.15) is 16.7 Å². The number of hydrogen-bond donors (Lipinski definition) is 1. The van der Waals surface area contributed by atoms with Gasteiger partial charge in [-0.25, -0.2) is 4.79 Å². The van der Waals surface area contributed by atoms with Gasteiger partial charge in [-0.3, -0.25) is 0 Å². The lowest BCUT2D eigenvalue weighted by atomic mass is 10.2. The van der Waals surface area contributed by atoms with Gasteiger partial charge >= 0.3 is 6.03 Å². The third-order valence-corrected chi connectivity index (χ3v) is 4.83. The number of thioether (sulfide) groups is 1. The van der Waals surface area contributed by atoms with E-state index in [-0.39, 0.29) is 6.03 Å². The fourth-order valence-electron chi connectivity index (χ4n) is 2.51. The van der Waals surface area contributed by atoms with Gasteiger partial charge in [0.2, 0.25) is 5.89 Å². The highest BCUT2D eigenvalue weighted by Gasteiger charge is 2.29. The van der Waals surface area contributed by atoms with Crippen LogP contribution in [0.15, 0.2) is 4.52 Å². The summed E-state index contributed by atoms with van der Waals surface area (Å²) in [5.74, 6) is 2.16. The molecule has 0 aliphatic heterocycles. The maximum absolute atomic E-state index is 12.1. The van der Waals surface area contributed by atoms with Gasteiger partial charge in [0.15, 0.2) is 5.82 Å². The molecule has 1 aliphatic rings. The first kappa shape index (κ1) is 15.2. The van der Waals surface area contributed by atoms with E-state index >= 15 is 0 Å². The van der Waals surface area contributed by atoms with Crippen molar-refractivity contribution in [3.63, 3.8) is 0 Å². The smallest absolute Gasteiger partial charge is 0.317 e. The normalized spacial score (nSPS) is 21.9. The number of aryl methyl sites for hydroxylation is 1. The van der Waals surface area contributed by atoms with Crippen molar-refractivity contribution >= 4 is 17.8 Å². The second-order valence-electron chi connectivity index (χ2n) is 5.04. The Morgan fingerprint density at radius 2 is 2.35 bits per heavy atom. The van der Waals surface area contributed by atoms with Gasteiger partial charge < -0.3 is 14.7 Å². The Morgan fingerprint density at radius 3 is 3.00 bits per heavy atom. The van der Waals surface area contributed by atoms with Crippen LogP contribution in [0.2, 0.25) is 0 Å². The summed E-state index contributed by atoms with van der Waals surface area (Å²) in [6.07, 6.45) is 3.37. The number of carbonyl (C=O) groups excluding carboxylic acids is 1. The van der Waals surface area contributed by atoms with Crippen molar-refractivity contribution in [2.45, 2.75) is 50.9 Å². The van der Waals surface area contributed by atoms with Crippen LogP contribution in [0.1, 0.15) is 37.9 Å². The van der Waals surface area contributed by atoms with Crippen LogP contribution in [0.5, 0.6) is 0 Å². The van der Waals surface area contributed by atoms with E-state index in [2.05, 4.69) is 22.4 Å². The van der Waals surface area contributed by atoms with Crippen LogP contribution in [0.4, 0.5) is 4.79 Å². The molecule has 0 unspecified atom stereocenters. The number of urea groups is 1. The minimum absolute atomic E-state index is 0.0698. The predicted molar refractivity (Wildman–Crippen MR) is 78.6 cm³/mol. The zero-order chi connectivity index (χ0) is 14.5. The zero-order valence-electron chi connectivity index (χ0n) is 12.3. The monoisotopic (exact) mass is 298 g/mol. The molecule has 7 heteroatoms. The van der Waals surface area contributed by atoms with Gasteiger partial charge in [0.25, 0.3) is 0 Å². The Hall–Kier alpha value is -1.24. The third-order valence-electron chi connectivity index (χ3n) is 3.59. The first-order chi connectivity index (χ1) is 9.60. The van der Waals surface area contributed by atoms with E-state index in [0.717, 1.165) is 18.6 Å². The number of aromatic nitrogens is 2. The molecule has 1 aromatic heterocycles. The Balaban J connectivity index is 1.77. The maximum atomic E-state index is 12.1. The summed E-state index contributed by atoms with van der Waals surface area (Å²) in [7, 11) is 1.86. The molecule has 0 saturated heterocycles. The van der Waals surface area contributed by atoms with E-state index in [1.807, 2.05) is 23.7 Å². The fraction of sp³-hybridized carbons (Fsp3) is 0.769. The highest BCUT2D eigenvalue weighted by atomic mass is 32.2. The van der Waals surface area contributed by atoms with Crippen LogP contribution in [0.25, 0.3) is 0 Å². The molecule has 0 aromatic carbocycles. The fourth-order valence-corrected chi connectivity index (χ4v) is 3.65. The Labute approximate surface area is 123 Å². The van der Waals surface area contributed by atoms with Crippen molar-refractivity contribution in [3.8, 4) is 0 Å². The lowest BCUT2D eigenvalue weighted by molar-refractivity contribution is 0.190. The van der Waals surface area contributed by atoms with Gasteiger partial charge in [-0.15, -0.1) is 0 Å². The maximum Gasteiger partial charge on any atom is 0.317 e. The van der Waals surface area contributed by atoms with E-state index in [1.165, 1.54) is 6.42 Å². The molecule has 0 radical (unpaired) electrons. The van der Waals surface area contributed by atoms with E-state index in [4.69, 9.17) is 4.52 Å². The number of rotatable bonds is 5. The zero-order valence-corrected chi connectivity index (χ0v) is 13.1. The quantitative estimate of drug-likeness (QED) is 0.902. The van der Waals surface area contributed by atoms with Crippen LogP contribution in [-0.2, 0) is 6.54 Å². The highest BCUT2D eigenvalue weighted by Crippen LogP contribution is 2.32. The van der Waals surface area contributed by atoms with Crippen LogP contribution >= 0.6 is 11.8 Å². The summed E-state index contributed by atoms with van der Waals surface area (Å²) in [4.78, 5) is 18.0. The molecule has 0 bridgehead atoms. The first-order valence-corrected chi connectivity index (χ1v) is 8.06. The van der Waals surface area contributed by atoms with Gasteiger partial charge in [-0.05, 0) is 25.0 Å². The van der Waals surface area contributed by atoms with Crippen LogP contribution in [-0.4, -0.2) is 45.2 Å². The molecule has 1 fully saturated rings. The number of hydrogen-bond acceptors (Lipinski definition) is 5. The average molecular weight is 298 g/mol. The van der Waals surface area contributed by atoms with Crippen molar-refractivity contribution in [2.75, 3.05) is 12.8 Å². The molecule has 1 saturated carbocycles. The summed E-state index contributed by atoms with van der Waals surface area (Å²) in [6, 6.07) is 0.269. The Bertz CT molecular complexity index is 451. The van der Waals surface area contributed by atoms with Crippen molar-refractivity contribution in [3.05, 3.63) is 11.7 Å². The van der Waals surface area contributed by atoms with Gasteiger partial charge in [0, 0.05) is 25.3 Å². The highest BCUT2D eigenvalue weighted by molar-refractivity contribution is 7.99. The van der Waals surface area contributed by atoms with Crippen LogP contribution < -0.4 is 5.32 Å². The van der Waals surface area contributed by atoms with Gasteiger partial charge in [0.1, 0.15) is 0 Å². The molecule has 2 rings (SSSR count). The van der Waals surface area contributed by atoms with Gasteiger partial charge in [0.05, 0.1) is 6.54 Å².